The number of cyclic esters (lactones) is 1. The molecule has 15 heavy (non-hydrogen) atoms. The summed E-state index contributed by atoms with van der Waals surface area (Å²) >= 11 is 0. The highest BCUT2D eigenvalue weighted by molar-refractivity contribution is 5.68. The van der Waals surface area contributed by atoms with Gasteiger partial charge in [-0.2, -0.15) is 0 Å². The summed E-state index contributed by atoms with van der Waals surface area (Å²) in [7, 11) is 0. The van der Waals surface area contributed by atoms with Gasteiger partial charge in [-0.1, -0.05) is 0 Å². The maximum atomic E-state index is 10.9. The number of carbonyl (C=O) groups excluding carboxylic acids is 1. The van der Waals surface area contributed by atoms with Crippen molar-refractivity contribution >= 4 is 6.09 Å². The number of carbonyl (C=O) groups is 1. The van der Waals surface area contributed by atoms with Crippen molar-refractivity contribution in [3.8, 4) is 0 Å². The fraction of sp³-hybridized carbons (Fsp3) is 0.875. The van der Waals surface area contributed by atoms with E-state index in [4.69, 9.17) is 9.84 Å². The van der Waals surface area contributed by atoms with Crippen LogP contribution >= 0.6 is 0 Å². The molecule has 1 unspecified atom stereocenters. The molecule has 86 valence electrons. The zero-order valence-electron chi connectivity index (χ0n) is 7.87. The second-order valence-electron chi connectivity index (χ2n) is 3.65. The minimum Gasteiger partial charge on any atom is -0.447 e. The molecule has 7 nitrogen and oxygen atoms in total. The van der Waals surface area contributed by atoms with Crippen LogP contribution < -0.4 is 5.32 Å². The lowest BCUT2D eigenvalue weighted by atomic mass is 9.92. The predicted octanol–water partition coefficient (Wildman–Crippen LogP) is -2.42. The number of nitrogens with one attached hydrogen (secondary N) is 1. The van der Waals surface area contributed by atoms with E-state index in [0.717, 1.165) is 0 Å². The summed E-state index contributed by atoms with van der Waals surface area (Å²) in [6.07, 6.45) is -4.41. The molecule has 0 bridgehead atoms. The van der Waals surface area contributed by atoms with Crippen LogP contribution in [0, 0.1) is 0 Å². The number of amides is 1. The van der Waals surface area contributed by atoms with Crippen LogP contribution in [-0.4, -0.2) is 65.1 Å². The van der Waals surface area contributed by atoms with Gasteiger partial charge in [0, 0.05) is 0 Å². The molecular weight excluding hydrogens is 206 g/mol. The summed E-state index contributed by atoms with van der Waals surface area (Å²) in [5, 5.41) is 30.5. The third kappa shape index (κ3) is 1.78. The standard InChI is InChI=1S/C8H13NO6/c10-1-3-6(11)7(12)5-4(15-3)2-14-8(13)9-5/h3-7,10-12H,1-2H2,(H,9,13)/t3?,4-,5+,6+,7-/m1/s1. The molecular formula is C8H13NO6. The summed E-state index contributed by atoms with van der Waals surface area (Å²) in [4.78, 5) is 10.9. The van der Waals surface area contributed by atoms with E-state index in [2.05, 4.69) is 10.1 Å². The van der Waals surface area contributed by atoms with Gasteiger partial charge < -0.3 is 30.1 Å². The molecule has 7 heteroatoms. The van der Waals surface area contributed by atoms with E-state index in [1.807, 2.05) is 0 Å². The normalized spacial score (nSPS) is 45.3. The van der Waals surface area contributed by atoms with Crippen LogP contribution in [0.25, 0.3) is 0 Å². The molecule has 0 aliphatic carbocycles. The third-order valence-corrected chi connectivity index (χ3v) is 2.69. The van der Waals surface area contributed by atoms with E-state index in [1.165, 1.54) is 0 Å². The lowest BCUT2D eigenvalue weighted by Crippen LogP contribution is -2.67. The molecule has 2 aliphatic rings. The minimum atomic E-state index is -1.21. The maximum absolute atomic E-state index is 10.9. The van der Waals surface area contributed by atoms with Crippen molar-refractivity contribution in [1.29, 1.82) is 0 Å². The topological polar surface area (TPSA) is 108 Å². The van der Waals surface area contributed by atoms with Gasteiger partial charge in [0.1, 0.15) is 31.0 Å². The average Bonchev–Trinajstić information content (AvgIpc) is 2.24. The Morgan fingerprint density at radius 2 is 2.13 bits per heavy atom. The molecule has 2 fully saturated rings. The van der Waals surface area contributed by atoms with Crippen LogP contribution in [0.15, 0.2) is 0 Å². The monoisotopic (exact) mass is 219 g/mol. The van der Waals surface area contributed by atoms with Crippen molar-refractivity contribution in [1.82, 2.24) is 5.32 Å². The van der Waals surface area contributed by atoms with Crippen molar-refractivity contribution in [3.63, 3.8) is 0 Å². The van der Waals surface area contributed by atoms with Crippen LogP contribution in [0.4, 0.5) is 4.79 Å². The van der Waals surface area contributed by atoms with Crippen molar-refractivity contribution in [3.05, 3.63) is 0 Å². The third-order valence-electron chi connectivity index (χ3n) is 2.69. The Morgan fingerprint density at radius 3 is 2.80 bits per heavy atom. The number of fused-ring (bicyclic) bond motifs is 1. The summed E-state index contributed by atoms with van der Waals surface area (Å²) in [6, 6.07) is -0.691. The second-order valence-corrected chi connectivity index (χ2v) is 3.65. The number of ether oxygens (including phenoxy) is 2. The van der Waals surface area contributed by atoms with Crippen molar-refractivity contribution < 1.29 is 29.6 Å². The molecule has 0 radical (unpaired) electrons. The highest BCUT2D eigenvalue weighted by Crippen LogP contribution is 2.23. The number of aliphatic hydroxyl groups is 3. The Kier molecular flexibility index (Phi) is 2.79. The van der Waals surface area contributed by atoms with Crippen LogP contribution in [0.3, 0.4) is 0 Å². The van der Waals surface area contributed by atoms with Crippen LogP contribution in [-0.2, 0) is 9.47 Å². The fourth-order valence-electron chi connectivity index (χ4n) is 1.85. The molecule has 2 heterocycles. The molecule has 2 saturated heterocycles. The average molecular weight is 219 g/mol. The van der Waals surface area contributed by atoms with E-state index in [0.29, 0.717) is 0 Å². The number of hydrogen-bond donors (Lipinski definition) is 4. The van der Waals surface area contributed by atoms with E-state index < -0.39 is 43.2 Å². The van der Waals surface area contributed by atoms with E-state index in [1.54, 1.807) is 0 Å². The fourth-order valence-corrected chi connectivity index (χ4v) is 1.85. The number of aliphatic hydroxyl groups excluding tert-OH is 3. The Morgan fingerprint density at radius 1 is 1.40 bits per heavy atom. The first kappa shape index (κ1) is 10.6. The molecule has 0 aromatic rings. The van der Waals surface area contributed by atoms with Crippen LogP contribution in [0.1, 0.15) is 0 Å². The summed E-state index contributed by atoms with van der Waals surface area (Å²) < 4.78 is 9.95. The molecule has 0 aromatic heterocycles. The molecule has 0 spiro atoms. The Balaban J connectivity index is 2.11. The zero-order valence-corrected chi connectivity index (χ0v) is 7.87. The van der Waals surface area contributed by atoms with Crippen LogP contribution in [0.2, 0.25) is 0 Å². The first-order chi connectivity index (χ1) is 7.13. The molecule has 0 saturated carbocycles. The lowest BCUT2D eigenvalue weighted by Gasteiger charge is -2.44. The van der Waals surface area contributed by atoms with Gasteiger partial charge in [-0.05, 0) is 0 Å². The maximum Gasteiger partial charge on any atom is 0.407 e. The number of alkyl carbamates (subject to hydrolysis) is 1. The molecule has 0 aromatic carbocycles. The SMILES string of the molecule is O=C1N[C@@H]2[C@@H](O)[C@@H](O)C(CO)O[C@@H]2CO1. The molecule has 2 rings (SSSR count). The molecule has 4 N–H and O–H groups in total. The van der Waals surface area contributed by atoms with E-state index in [-0.39, 0.29) is 6.61 Å². The van der Waals surface area contributed by atoms with Crippen molar-refractivity contribution in [2.75, 3.05) is 13.2 Å². The lowest BCUT2D eigenvalue weighted by molar-refractivity contribution is -0.208. The highest BCUT2D eigenvalue weighted by Gasteiger charge is 2.47. The second kappa shape index (κ2) is 3.93. The minimum absolute atomic E-state index is 0.0107. The van der Waals surface area contributed by atoms with Gasteiger partial charge in [-0.15, -0.1) is 0 Å². The summed E-state index contributed by atoms with van der Waals surface area (Å²) in [5.41, 5.74) is 0. The van der Waals surface area contributed by atoms with Gasteiger partial charge >= 0.3 is 6.09 Å². The Bertz CT molecular complexity index is 258. The number of rotatable bonds is 1. The Hall–Kier alpha value is -0.890. The predicted molar refractivity (Wildman–Crippen MR) is 46.0 cm³/mol. The van der Waals surface area contributed by atoms with Gasteiger partial charge in [0.05, 0.1) is 12.6 Å². The smallest absolute Gasteiger partial charge is 0.407 e. The van der Waals surface area contributed by atoms with Gasteiger partial charge in [-0.25, -0.2) is 4.79 Å². The summed E-state index contributed by atoms with van der Waals surface area (Å²) in [6.45, 7) is -0.383. The number of hydrogen-bond acceptors (Lipinski definition) is 6. The first-order valence-corrected chi connectivity index (χ1v) is 4.69. The van der Waals surface area contributed by atoms with Gasteiger partial charge in [0.15, 0.2) is 0 Å². The van der Waals surface area contributed by atoms with Gasteiger partial charge in [0.2, 0.25) is 0 Å². The van der Waals surface area contributed by atoms with E-state index >= 15 is 0 Å². The van der Waals surface area contributed by atoms with Gasteiger partial charge in [0.25, 0.3) is 0 Å². The highest BCUT2D eigenvalue weighted by atomic mass is 16.6. The summed E-state index contributed by atoms with van der Waals surface area (Å²) in [5.74, 6) is 0. The first-order valence-electron chi connectivity index (χ1n) is 4.69. The molecule has 5 atom stereocenters. The zero-order chi connectivity index (χ0) is 11.0. The largest absolute Gasteiger partial charge is 0.447 e. The van der Waals surface area contributed by atoms with Gasteiger partial charge in [-0.3, -0.25) is 0 Å². The molecule has 2 aliphatic heterocycles. The Labute approximate surface area is 85.6 Å². The van der Waals surface area contributed by atoms with Crippen molar-refractivity contribution in [2.45, 2.75) is 30.5 Å². The molecule has 1 amide bonds. The quantitative estimate of drug-likeness (QED) is 0.391. The van der Waals surface area contributed by atoms with Crippen molar-refractivity contribution in [2.24, 2.45) is 0 Å². The van der Waals surface area contributed by atoms with Crippen LogP contribution in [0.5, 0.6) is 0 Å². The van der Waals surface area contributed by atoms with E-state index in [9.17, 15) is 15.0 Å².